The average molecular weight is 185 g/mol. The van der Waals surface area contributed by atoms with Crippen molar-refractivity contribution < 1.29 is 5.11 Å². The molecule has 1 heterocycles. The van der Waals surface area contributed by atoms with Crippen LogP contribution in [0, 0.1) is 0 Å². The van der Waals surface area contributed by atoms with Gasteiger partial charge in [-0.2, -0.15) is 0 Å². The summed E-state index contributed by atoms with van der Waals surface area (Å²) in [5.41, 5.74) is 1.09. The molecule has 12 heavy (non-hydrogen) atoms. The number of aliphatic hydroxyl groups is 1. The van der Waals surface area contributed by atoms with Crippen LogP contribution in [-0.2, 0) is 13.0 Å². The van der Waals surface area contributed by atoms with Gasteiger partial charge in [0.1, 0.15) is 0 Å². The Bertz CT molecular complexity index is 232. The minimum Gasteiger partial charge on any atom is -0.392 e. The second-order valence-electron chi connectivity index (χ2n) is 3.08. The van der Waals surface area contributed by atoms with Crippen molar-refractivity contribution in [2.75, 3.05) is 20.6 Å². The van der Waals surface area contributed by atoms with Crippen LogP contribution in [0.25, 0.3) is 0 Å². The lowest BCUT2D eigenvalue weighted by atomic mass is 10.2. The molecule has 68 valence electrons. The van der Waals surface area contributed by atoms with Crippen LogP contribution < -0.4 is 0 Å². The molecule has 0 fully saturated rings. The minimum atomic E-state index is 0.173. The van der Waals surface area contributed by atoms with Gasteiger partial charge < -0.3 is 10.0 Å². The fraction of sp³-hybridized carbons (Fsp3) is 0.556. The van der Waals surface area contributed by atoms with Gasteiger partial charge in [0.2, 0.25) is 0 Å². The van der Waals surface area contributed by atoms with Crippen molar-refractivity contribution in [3.05, 3.63) is 21.9 Å². The summed E-state index contributed by atoms with van der Waals surface area (Å²) in [6.45, 7) is 1.22. The highest BCUT2D eigenvalue weighted by atomic mass is 32.1. The zero-order valence-electron chi connectivity index (χ0n) is 7.58. The molecule has 0 saturated heterocycles. The van der Waals surface area contributed by atoms with Gasteiger partial charge in [-0.05, 0) is 37.5 Å². The van der Waals surface area contributed by atoms with E-state index in [9.17, 15) is 0 Å². The third kappa shape index (κ3) is 2.59. The lowest BCUT2D eigenvalue weighted by Gasteiger charge is -2.08. The fourth-order valence-electron chi connectivity index (χ4n) is 1.05. The monoisotopic (exact) mass is 185 g/mol. The third-order valence-corrected chi connectivity index (χ3v) is 2.82. The van der Waals surface area contributed by atoms with Crippen molar-refractivity contribution in [3.63, 3.8) is 0 Å². The number of thiophene rings is 1. The van der Waals surface area contributed by atoms with Crippen molar-refractivity contribution in [1.82, 2.24) is 4.90 Å². The summed E-state index contributed by atoms with van der Waals surface area (Å²) in [6, 6.07) is 2.00. The van der Waals surface area contributed by atoms with E-state index in [0.29, 0.717) is 0 Å². The molecule has 0 radical (unpaired) electrons. The molecule has 0 amide bonds. The number of hydrogen-bond donors (Lipinski definition) is 1. The molecule has 0 aliphatic rings. The fourth-order valence-corrected chi connectivity index (χ4v) is 1.94. The summed E-state index contributed by atoms with van der Waals surface area (Å²) < 4.78 is 0. The van der Waals surface area contributed by atoms with Gasteiger partial charge in [-0.15, -0.1) is 11.3 Å². The van der Waals surface area contributed by atoms with E-state index in [1.165, 1.54) is 4.88 Å². The van der Waals surface area contributed by atoms with Crippen LogP contribution in [-0.4, -0.2) is 30.6 Å². The van der Waals surface area contributed by atoms with Crippen molar-refractivity contribution in [2.45, 2.75) is 13.0 Å². The summed E-state index contributed by atoms with van der Waals surface area (Å²) in [5.74, 6) is 0. The van der Waals surface area contributed by atoms with Gasteiger partial charge in [0.15, 0.2) is 0 Å². The van der Waals surface area contributed by atoms with E-state index in [1.807, 2.05) is 11.4 Å². The van der Waals surface area contributed by atoms with Crippen LogP contribution in [0.2, 0.25) is 0 Å². The topological polar surface area (TPSA) is 23.5 Å². The van der Waals surface area contributed by atoms with E-state index in [1.54, 1.807) is 11.3 Å². The highest BCUT2D eigenvalue weighted by Gasteiger charge is 2.02. The van der Waals surface area contributed by atoms with Gasteiger partial charge in [0, 0.05) is 11.4 Å². The molecular weight excluding hydrogens is 170 g/mol. The molecule has 0 saturated carbocycles. The number of hydrogen-bond acceptors (Lipinski definition) is 3. The summed E-state index contributed by atoms with van der Waals surface area (Å²) >= 11 is 1.73. The summed E-state index contributed by atoms with van der Waals surface area (Å²) in [4.78, 5) is 3.46. The summed E-state index contributed by atoms with van der Waals surface area (Å²) in [6.07, 6.45) is 1.04. The second kappa shape index (κ2) is 4.60. The van der Waals surface area contributed by atoms with Crippen LogP contribution in [0.15, 0.2) is 11.4 Å². The first kappa shape index (κ1) is 9.71. The molecule has 1 rings (SSSR count). The smallest absolute Gasteiger partial charge is 0.0692 e. The molecule has 0 aliphatic carbocycles. The van der Waals surface area contributed by atoms with E-state index in [-0.39, 0.29) is 6.61 Å². The van der Waals surface area contributed by atoms with Crippen LogP contribution in [0.5, 0.6) is 0 Å². The standard InChI is InChI=1S/C9H15NOS/c1-10(2)5-3-9-8(7-11)4-6-12-9/h4,6,11H,3,5,7H2,1-2H3. The van der Waals surface area contributed by atoms with Crippen molar-refractivity contribution in [1.29, 1.82) is 0 Å². The lowest BCUT2D eigenvalue weighted by molar-refractivity contribution is 0.281. The highest BCUT2D eigenvalue weighted by Crippen LogP contribution is 2.17. The van der Waals surface area contributed by atoms with Crippen LogP contribution >= 0.6 is 11.3 Å². The molecule has 0 spiro atoms. The number of rotatable bonds is 4. The van der Waals surface area contributed by atoms with E-state index in [4.69, 9.17) is 5.11 Å². The Balaban J connectivity index is 2.50. The predicted molar refractivity (Wildman–Crippen MR) is 52.5 cm³/mol. The molecule has 3 heteroatoms. The van der Waals surface area contributed by atoms with E-state index in [0.717, 1.165) is 18.5 Å². The molecule has 1 aromatic rings. The molecule has 1 aromatic heterocycles. The van der Waals surface area contributed by atoms with E-state index in [2.05, 4.69) is 19.0 Å². The van der Waals surface area contributed by atoms with E-state index >= 15 is 0 Å². The van der Waals surface area contributed by atoms with Gasteiger partial charge in [-0.3, -0.25) is 0 Å². The van der Waals surface area contributed by atoms with Gasteiger partial charge in [-0.25, -0.2) is 0 Å². The van der Waals surface area contributed by atoms with Crippen molar-refractivity contribution in [3.8, 4) is 0 Å². The normalized spacial score (nSPS) is 11.0. The van der Waals surface area contributed by atoms with Crippen LogP contribution in [0.3, 0.4) is 0 Å². The maximum Gasteiger partial charge on any atom is 0.0692 e. The lowest BCUT2D eigenvalue weighted by Crippen LogP contribution is -2.15. The Morgan fingerprint density at radius 2 is 2.25 bits per heavy atom. The Labute approximate surface area is 77.5 Å². The molecule has 2 nitrogen and oxygen atoms in total. The molecular formula is C9H15NOS. The molecule has 0 aliphatic heterocycles. The maximum atomic E-state index is 8.97. The third-order valence-electron chi connectivity index (χ3n) is 1.79. The number of nitrogens with zero attached hydrogens (tertiary/aromatic N) is 1. The molecule has 1 N–H and O–H groups in total. The Morgan fingerprint density at radius 1 is 1.50 bits per heavy atom. The largest absolute Gasteiger partial charge is 0.392 e. The summed E-state index contributed by atoms with van der Waals surface area (Å²) in [7, 11) is 4.12. The molecule has 0 unspecified atom stereocenters. The van der Waals surface area contributed by atoms with Crippen LogP contribution in [0.4, 0.5) is 0 Å². The van der Waals surface area contributed by atoms with Crippen LogP contribution in [0.1, 0.15) is 10.4 Å². The SMILES string of the molecule is CN(C)CCc1sccc1CO. The molecule has 0 aromatic carbocycles. The second-order valence-corrected chi connectivity index (χ2v) is 4.08. The molecule has 0 atom stereocenters. The Hall–Kier alpha value is -0.380. The van der Waals surface area contributed by atoms with Gasteiger partial charge in [0.25, 0.3) is 0 Å². The first-order valence-electron chi connectivity index (χ1n) is 4.05. The maximum absolute atomic E-state index is 8.97. The first-order chi connectivity index (χ1) is 5.74. The Morgan fingerprint density at radius 3 is 2.83 bits per heavy atom. The average Bonchev–Trinajstić information content (AvgIpc) is 2.47. The van der Waals surface area contributed by atoms with Gasteiger partial charge in [0.05, 0.1) is 6.61 Å². The zero-order chi connectivity index (χ0) is 8.97. The molecule has 0 bridgehead atoms. The number of aliphatic hydroxyl groups excluding tert-OH is 1. The summed E-state index contributed by atoms with van der Waals surface area (Å²) in [5, 5.41) is 11.0. The predicted octanol–water partition coefficient (Wildman–Crippen LogP) is 1.34. The highest BCUT2D eigenvalue weighted by molar-refractivity contribution is 7.10. The first-order valence-corrected chi connectivity index (χ1v) is 4.93. The van der Waals surface area contributed by atoms with Gasteiger partial charge >= 0.3 is 0 Å². The Kier molecular flexibility index (Phi) is 3.72. The van der Waals surface area contributed by atoms with E-state index < -0.39 is 0 Å². The quantitative estimate of drug-likeness (QED) is 0.765. The minimum absolute atomic E-state index is 0.173. The number of likely N-dealkylation sites (N-methyl/N-ethyl adjacent to an activating group) is 1. The van der Waals surface area contributed by atoms with Crippen molar-refractivity contribution in [2.24, 2.45) is 0 Å². The van der Waals surface area contributed by atoms with Crippen molar-refractivity contribution >= 4 is 11.3 Å². The van der Waals surface area contributed by atoms with Gasteiger partial charge in [-0.1, -0.05) is 0 Å². The zero-order valence-corrected chi connectivity index (χ0v) is 8.40.